The van der Waals surface area contributed by atoms with E-state index in [2.05, 4.69) is 34.8 Å². The molecule has 2 atom stereocenters. The number of alkyl halides is 1. The van der Waals surface area contributed by atoms with E-state index in [1.54, 1.807) is 0 Å². The number of aromatic nitrogens is 2. The number of halogens is 1. The third-order valence-corrected chi connectivity index (χ3v) is 5.27. The molecule has 0 bridgehead atoms. The van der Waals surface area contributed by atoms with Gasteiger partial charge in [0.25, 0.3) is 0 Å². The average Bonchev–Trinajstić information content (AvgIpc) is 2.46. The smallest absolute Gasteiger partial charge is 0.150 e. The van der Waals surface area contributed by atoms with Crippen LogP contribution in [-0.4, -0.2) is 27.9 Å². The lowest BCUT2D eigenvalue weighted by atomic mass is 9.94. The summed E-state index contributed by atoms with van der Waals surface area (Å²) < 4.78 is 0. The minimum Gasteiger partial charge on any atom is -0.354 e. The molecule has 1 aromatic carbocycles. The summed E-state index contributed by atoms with van der Waals surface area (Å²) in [5.41, 5.74) is 2.96. The Bertz CT molecular complexity index is 614. The van der Waals surface area contributed by atoms with E-state index < -0.39 is 0 Å². The van der Waals surface area contributed by atoms with Crippen molar-refractivity contribution < 1.29 is 0 Å². The molecule has 3 nitrogen and oxygen atoms in total. The normalized spacial score (nSPS) is 22.9. The van der Waals surface area contributed by atoms with Crippen molar-refractivity contribution in [3.8, 4) is 0 Å². The van der Waals surface area contributed by atoms with Crippen LogP contribution in [0.3, 0.4) is 0 Å². The van der Waals surface area contributed by atoms with Gasteiger partial charge in [0.05, 0.1) is 16.7 Å². The number of anilines is 1. The number of aryl methyl sites for hydroxylation is 1. The number of nitrogens with zero attached hydrogens (tertiary/aromatic N) is 3. The zero-order valence-electron chi connectivity index (χ0n) is 12.0. The van der Waals surface area contributed by atoms with Crippen molar-refractivity contribution in [2.45, 2.75) is 43.5 Å². The van der Waals surface area contributed by atoms with Crippen molar-refractivity contribution in [1.29, 1.82) is 0 Å². The first-order valence-corrected chi connectivity index (χ1v) is 8.18. The molecule has 20 heavy (non-hydrogen) atoms. The SMILES string of the molecule is Cc1nc2ccccc2nc1N(C)C1CCCCC1Br. The van der Waals surface area contributed by atoms with Gasteiger partial charge in [0, 0.05) is 17.9 Å². The first-order chi connectivity index (χ1) is 9.66. The van der Waals surface area contributed by atoms with Gasteiger partial charge in [-0.2, -0.15) is 0 Å². The van der Waals surface area contributed by atoms with Crippen molar-refractivity contribution in [2.75, 3.05) is 11.9 Å². The van der Waals surface area contributed by atoms with Crippen molar-refractivity contribution in [2.24, 2.45) is 0 Å². The number of rotatable bonds is 2. The van der Waals surface area contributed by atoms with Gasteiger partial charge >= 0.3 is 0 Å². The van der Waals surface area contributed by atoms with Gasteiger partial charge in [0.15, 0.2) is 5.82 Å². The minimum absolute atomic E-state index is 0.512. The van der Waals surface area contributed by atoms with Crippen LogP contribution >= 0.6 is 15.9 Å². The van der Waals surface area contributed by atoms with Crippen molar-refractivity contribution in [3.05, 3.63) is 30.0 Å². The molecule has 0 spiro atoms. The number of hydrogen-bond donors (Lipinski definition) is 0. The van der Waals surface area contributed by atoms with Gasteiger partial charge in [-0.15, -0.1) is 0 Å². The molecule has 0 radical (unpaired) electrons. The highest BCUT2D eigenvalue weighted by atomic mass is 79.9. The molecule has 1 aliphatic carbocycles. The third-order valence-electron chi connectivity index (χ3n) is 4.20. The third kappa shape index (κ3) is 2.53. The largest absolute Gasteiger partial charge is 0.354 e. The maximum Gasteiger partial charge on any atom is 0.150 e. The predicted molar refractivity (Wildman–Crippen MR) is 87.6 cm³/mol. The molecule has 0 saturated heterocycles. The van der Waals surface area contributed by atoms with Gasteiger partial charge in [-0.05, 0) is 31.9 Å². The predicted octanol–water partition coefficient (Wildman–Crippen LogP) is 4.08. The molecule has 1 aliphatic rings. The maximum atomic E-state index is 4.83. The van der Waals surface area contributed by atoms with Crippen LogP contribution in [0.2, 0.25) is 0 Å². The van der Waals surface area contributed by atoms with E-state index in [9.17, 15) is 0 Å². The lowest BCUT2D eigenvalue weighted by molar-refractivity contribution is 0.442. The topological polar surface area (TPSA) is 29.0 Å². The van der Waals surface area contributed by atoms with E-state index in [-0.39, 0.29) is 0 Å². The van der Waals surface area contributed by atoms with Crippen molar-refractivity contribution in [3.63, 3.8) is 0 Å². The molecule has 2 aromatic rings. The highest BCUT2D eigenvalue weighted by Gasteiger charge is 2.28. The van der Waals surface area contributed by atoms with E-state index in [0.717, 1.165) is 22.5 Å². The highest BCUT2D eigenvalue weighted by molar-refractivity contribution is 9.09. The van der Waals surface area contributed by atoms with Crippen LogP contribution in [0, 0.1) is 6.92 Å². The summed E-state index contributed by atoms with van der Waals surface area (Å²) in [6.07, 6.45) is 5.09. The minimum atomic E-state index is 0.512. The van der Waals surface area contributed by atoms with E-state index in [1.165, 1.54) is 25.7 Å². The summed E-state index contributed by atoms with van der Waals surface area (Å²) in [7, 11) is 2.15. The Hall–Kier alpha value is -1.16. The van der Waals surface area contributed by atoms with Gasteiger partial charge in [-0.25, -0.2) is 9.97 Å². The van der Waals surface area contributed by atoms with Crippen LogP contribution in [0.5, 0.6) is 0 Å². The summed E-state index contributed by atoms with van der Waals surface area (Å²) in [4.78, 5) is 12.4. The second-order valence-electron chi connectivity index (χ2n) is 5.60. The average molecular weight is 334 g/mol. The number of fused-ring (bicyclic) bond motifs is 1. The van der Waals surface area contributed by atoms with Crippen molar-refractivity contribution >= 4 is 32.8 Å². The van der Waals surface area contributed by atoms with Gasteiger partial charge in [-0.3, -0.25) is 0 Å². The fourth-order valence-corrected chi connectivity index (χ4v) is 4.02. The van der Waals surface area contributed by atoms with Crippen LogP contribution in [0.25, 0.3) is 11.0 Å². The molecule has 2 unspecified atom stereocenters. The molecular weight excluding hydrogens is 314 g/mol. The molecule has 3 rings (SSSR count). The molecule has 0 aliphatic heterocycles. The Kier molecular flexibility index (Phi) is 3.92. The fraction of sp³-hybridized carbons (Fsp3) is 0.500. The standard InChI is InChI=1S/C16H20BrN3/c1-11-16(19-14-9-5-4-8-13(14)18-11)20(2)15-10-6-3-7-12(15)17/h4-5,8-9,12,15H,3,6-7,10H2,1-2H3. The molecule has 1 saturated carbocycles. The number of para-hydroxylation sites is 2. The second kappa shape index (κ2) is 5.68. The molecule has 1 fully saturated rings. The van der Waals surface area contributed by atoms with E-state index in [0.29, 0.717) is 10.9 Å². The van der Waals surface area contributed by atoms with Gasteiger partial charge in [-0.1, -0.05) is 40.9 Å². The zero-order valence-corrected chi connectivity index (χ0v) is 13.6. The first kappa shape index (κ1) is 13.8. The summed E-state index contributed by atoms with van der Waals surface area (Å²) in [6.45, 7) is 2.05. The van der Waals surface area contributed by atoms with Crippen molar-refractivity contribution in [1.82, 2.24) is 9.97 Å². The molecule has 0 N–H and O–H groups in total. The summed E-state index contributed by atoms with van der Waals surface area (Å²) in [5, 5.41) is 0. The van der Waals surface area contributed by atoms with E-state index in [4.69, 9.17) is 9.97 Å². The van der Waals surface area contributed by atoms with E-state index >= 15 is 0 Å². The van der Waals surface area contributed by atoms with Gasteiger partial charge in [0.2, 0.25) is 0 Å². The summed E-state index contributed by atoms with van der Waals surface area (Å²) in [5.74, 6) is 1.01. The van der Waals surface area contributed by atoms with E-state index in [1.807, 2.05) is 24.3 Å². The lowest BCUT2D eigenvalue weighted by Crippen LogP contribution is -2.41. The Labute approximate surface area is 128 Å². The second-order valence-corrected chi connectivity index (χ2v) is 6.78. The maximum absolute atomic E-state index is 4.83. The molecule has 0 amide bonds. The van der Waals surface area contributed by atoms with Gasteiger partial charge in [0.1, 0.15) is 0 Å². The first-order valence-electron chi connectivity index (χ1n) is 7.27. The summed E-state index contributed by atoms with van der Waals surface area (Å²) >= 11 is 3.84. The van der Waals surface area contributed by atoms with Crippen LogP contribution in [-0.2, 0) is 0 Å². The quantitative estimate of drug-likeness (QED) is 0.775. The molecule has 106 valence electrons. The monoisotopic (exact) mass is 333 g/mol. The molecule has 1 heterocycles. The fourth-order valence-electron chi connectivity index (χ4n) is 3.07. The Balaban J connectivity index is 1.98. The highest BCUT2D eigenvalue weighted by Crippen LogP contribution is 2.31. The lowest BCUT2D eigenvalue weighted by Gasteiger charge is -2.36. The number of benzene rings is 1. The zero-order chi connectivity index (χ0) is 14.1. The molecule has 1 aromatic heterocycles. The van der Waals surface area contributed by atoms with Gasteiger partial charge < -0.3 is 4.90 Å². The Morgan fingerprint density at radius 2 is 1.75 bits per heavy atom. The van der Waals surface area contributed by atoms with Crippen LogP contribution in [0.4, 0.5) is 5.82 Å². The van der Waals surface area contributed by atoms with Crippen LogP contribution in [0.15, 0.2) is 24.3 Å². The molecular formula is C16H20BrN3. The Morgan fingerprint density at radius 1 is 1.10 bits per heavy atom. The van der Waals surface area contributed by atoms with Crippen LogP contribution in [0.1, 0.15) is 31.4 Å². The van der Waals surface area contributed by atoms with Crippen LogP contribution < -0.4 is 4.90 Å². The summed E-state index contributed by atoms with van der Waals surface area (Å²) in [6, 6.07) is 8.59. The Morgan fingerprint density at radius 3 is 2.45 bits per heavy atom. The number of hydrogen-bond acceptors (Lipinski definition) is 3. The molecule has 4 heteroatoms.